The van der Waals surface area contributed by atoms with Gasteiger partial charge in [0.15, 0.2) is 5.60 Å². The SMILES string of the molecule is O=C1CC2(O)C(=O)OOP(=O)(OO1)OOC(=O)C2C(O)[C@@H](O)[C@@H](O)[C@H](O)[C@@H](O)CO. The minimum absolute atomic E-state index is 1.09. The van der Waals surface area contributed by atoms with Crippen molar-refractivity contribution >= 4 is 25.7 Å². The number of aliphatic hydroxyl groups is 7. The van der Waals surface area contributed by atoms with Crippen LogP contribution in [0.2, 0.25) is 0 Å². The molecular formula is C12H17O17P. The molecule has 4 unspecified atom stereocenters. The largest absolute Gasteiger partial charge is 0.584 e. The summed E-state index contributed by atoms with van der Waals surface area (Å²) in [6.45, 7) is -1.09. The van der Waals surface area contributed by atoms with Crippen LogP contribution in [0.1, 0.15) is 6.42 Å². The highest BCUT2D eigenvalue weighted by atomic mass is 31.2. The number of phosphoric acid groups is 1. The molecule has 2 rings (SSSR count). The normalized spacial score (nSPS) is 35.2. The molecule has 2 aliphatic heterocycles. The standard InChI is InChI=1S/C12H17O17P/c13-2-3(14)6(16)8(18)9(19)7(17)5-10(20)25-28-30(23)27-24-4(15)1-12(5,22)11(21)26-29-30/h3,5-9,13-14,16-19,22H,1-2H2/t3-,5?,6+,7?,8-,9+,12?,30?/m0/s1. The van der Waals surface area contributed by atoms with E-state index in [9.17, 15) is 49.6 Å². The smallest absolute Gasteiger partial charge is 0.394 e. The Morgan fingerprint density at radius 2 is 1.50 bits per heavy atom. The molecule has 2 aliphatic rings. The van der Waals surface area contributed by atoms with Crippen LogP contribution in [0, 0.1) is 5.92 Å². The minimum Gasteiger partial charge on any atom is -0.394 e. The van der Waals surface area contributed by atoms with Gasteiger partial charge in [0, 0.05) is 0 Å². The first kappa shape index (κ1) is 24.5. The third kappa shape index (κ3) is 4.76. The van der Waals surface area contributed by atoms with Crippen molar-refractivity contribution in [3.05, 3.63) is 0 Å². The lowest BCUT2D eigenvalue weighted by Crippen LogP contribution is -2.61. The predicted molar refractivity (Wildman–Crippen MR) is 79.3 cm³/mol. The molecule has 0 saturated carbocycles. The highest BCUT2D eigenvalue weighted by Crippen LogP contribution is 2.52. The Morgan fingerprint density at radius 1 is 0.933 bits per heavy atom. The van der Waals surface area contributed by atoms with Gasteiger partial charge in [-0.25, -0.2) is 18.9 Å². The molecule has 172 valence electrons. The van der Waals surface area contributed by atoms with Gasteiger partial charge in [0.05, 0.1) is 19.1 Å². The Hall–Kier alpha value is -1.76. The molecule has 0 aromatic carbocycles. The topological polar surface area (TPSA) is 265 Å². The molecule has 0 spiro atoms. The van der Waals surface area contributed by atoms with Gasteiger partial charge < -0.3 is 35.7 Å². The summed E-state index contributed by atoms with van der Waals surface area (Å²) in [5.41, 5.74) is -3.44. The average molecular weight is 464 g/mol. The fourth-order valence-electron chi connectivity index (χ4n) is 2.52. The zero-order chi connectivity index (χ0) is 22.9. The van der Waals surface area contributed by atoms with Gasteiger partial charge in [-0.3, -0.25) is 14.7 Å². The summed E-state index contributed by atoms with van der Waals surface area (Å²) < 4.78 is 23.8. The molecule has 18 heteroatoms. The van der Waals surface area contributed by atoms with Crippen LogP contribution in [0.25, 0.3) is 0 Å². The van der Waals surface area contributed by atoms with Crippen molar-refractivity contribution in [1.29, 1.82) is 0 Å². The van der Waals surface area contributed by atoms with E-state index in [1.54, 1.807) is 0 Å². The lowest BCUT2D eigenvalue weighted by atomic mass is 9.77. The van der Waals surface area contributed by atoms with Crippen LogP contribution >= 0.6 is 7.82 Å². The number of carbonyl (C=O) groups is 3. The van der Waals surface area contributed by atoms with E-state index in [4.69, 9.17) is 5.11 Å². The van der Waals surface area contributed by atoms with Crippen LogP contribution < -0.4 is 0 Å². The molecule has 2 heterocycles. The van der Waals surface area contributed by atoms with Gasteiger partial charge in [-0.05, 0) is 0 Å². The lowest BCUT2D eigenvalue weighted by Gasteiger charge is -2.36. The zero-order valence-electron chi connectivity index (χ0n) is 14.5. The Labute approximate surface area is 165 Å². The number of carbonyl (C=O) groups excluding carboxylic acids is 3. The average Bonchev–Trinajstić information content (AvgIpc) is 2.77. The second-order valence-electron chi connectivity index (χ2n) is 6.19. The fraction of sp³-hybridized carbons (Fsp3) is 0.750. The summed E-state index contributed by atoms with van der Waals surface area (Å²) in [4.78, 5) is 48.3. The molecule has 0 radical (unpaired) electrons. The van der Waals surface area contributed by atoms with E-state index in [2.05, 4.69) is 28.7 Å². The third-order valence-corrected chi connectivity index (χ3v) is 4.92. The highest BCUT2D eigenvalue weighted by molar-refractivity contribution is 7.48. The Morgan fingerprint density at radius 3 is 2.10 bits per heavy atom. The second kappa shape index (κ2) is 9.16. The van der Waals surface area contributed by atoms with Crippen molar-refractivity contribution < 1.29 is 83.4 Å². The summed E-state index contributed by atoms with van der Waals surface area (Å²) in [6, 6.07) is 0. The Balaban J connectivity index is 2.46. The van der Waals surface area contributed by atoms with Crippen LogP contribution in [0.4, 0.5) is 0 Å². The number of fused-ring (bicyclic) bond motifs is 4. The first-order chi connectivity index (χ1) is 13.9. The minimum atomic E-state index is -5.21. The van der Waals surface area contributed by atoms with Gasteiger partial charge in [0.2, 0.25) is 0 Å². The van der Waals surface area contributed by atoms with Crippen molar-refractivity contribution in [3.8, 4) is 0 Å². The molecule has 2 saturated heterocycles. The van der Waals surface area contributed by atoms with Gasteiger partial charge in [-0.15, -0.1) is 0 Å². The van der Waals surface area contributed by atoms with Crippen LogP contribution in [0.15, 0.2) is 0 Å². The van der Waals surface area contributed by atoms with E-state index in [1.165, 1.54) is 0 Å². The maximum Gasteiger partial charge on any atom is 0.584 e. The number of aliphatic hydroxyl groups excluding tert-OH is 6. The number of hydrogen-bond acceptors (Lipinski definition) is 17. The quantitative estimate of drug-likeness (QED) is 0.143. The molecule has 2 fully saturated rings. The van der Waals surface area contributed by atoms with Crippen LogP contribution in [0.3, 0.4) is 0 Å². The molecule has 30 heavy (non-hydrogen) atoms. The Kier molecular flexibility index (Phi) is 7.49. The summed E-state index contributed by atoms with van der Waals surface area (Å²) in [6.07, 6.45) is -13.7. The van der Waals surface area contributed by atoms with Gasteiger partial charge in [-0.1, -0.05) is 14.0 Å². The molecule has 7 N–H and O–H groups in total. The Bertz CT molecular complexity index is 726. The second-order valence-corrected chi connectivity index (χ2v) is 7.53. The van der Waals surface area contributed by atoms with Gasteiger partial charge in [0.25, 0.3) is 0 Å². The van der Waals surface area contributed by atoms with E-state index in [-0.39, 0.29) is 0 Å². The first-order valence-corrected chi connectivity index (χ1v) is 9.36. The van der Waals surface area contributed by atoms with E-state index in [1.807, 2.05) is 0 Å². The van der Waals surface area contributed by atoms with Crippen LogP contribution in [-0.4, -0.2) is 96.4 Å². The van der Waals surface area contributed by atoms with Crippen LogP contribution in [-0.2, 0) is 47.6 Å². The first-order valence-electron chi connectivity index (χ1n) is 7.90. The molecule has 2 bridgehead atoms. The number of hydrogen-bond donors (Lipinski definition) is 7. The van der Waals surface area contributed by atoms with E-state index in [0.717, 1.165) is 0 Å². The molecular weight excluding hydrogens is 447 g/mol. The number of rotatable bonds is 6. The van der Waals surface area contributed by atoms with Gasteiger partial charge in [-0.2, -0.15) is 0 Å². The molecule has 8 atom stereocenters. The van der Waals surface area contributed by atoms with Crippen molar-refractivity contribution in [1.82, 2.24) is 0 Å². The fourth-order valence-corrected chi connectivity index (χ4v) is 3.10. The lowest BCUT2D eigenvalue weighted by molar-refractivity contribution is -0.293. The van der Waals surface area contributed by atoms with Gasteiger partial charge in [0.1, 0.15) is 30.3 Å². The van der Waals surface area contributed by atoms with Crippen molar-refractivity contribution in [2.75, 3.05) is 6.61 Å². The molecule has 0 amide bonds. The summed E-state index contributed by atoms with van der Waals surface area (Å²) in [7, 11) is -5.21. The van der Waals surface area contributed by atoms with E-state index in [0.29, 0.717) is 0 Å². The third-order valence-electron chi connectivity index (χ3n) is 4.14. The summed E-state index contributed by atoms with van der Waals surface area (Å²) in [5.74, 6) is -8.32. The molecule has 0 aromatic heterocycles. The van der Waals surface area contributed by atoms with E-state index < -0.39 is 80.8 Å². The van der Waals surface area contributed by atoms with Crippen molar-refractivity contribution in [2.24, 2.45) is 5.92 Å². The molecule has 0 aromatic rings. The summed E-state index contributed by atoms with van der Waals surface area (Å²) >= 11 is 0. The monoisotopic (exact) mass is 464 g/mol. The summed E-state index contributed by atoms with van der Waals surface area (Å²) in [5, 5.41) is 68.7. The maximum atomic E-state index is 12.3. The zero-order valence-corrected chi connectivity index (χ0v) is 15.4. The molecule has 0 aliphatic carbocycles. The van der Waals surface area contributed by atoms with E-state index >= 15 is 0 Å². The van der Waals surface area contributed by atoms with Gasteiger partial charge >= 0.3 is 25.7 Å². The highest BCUT2D eigenvalue weighted by Gasteiger charge is 2.61. The molecule has 17 nitrogen and oxygen atoms in total. The van der Waals surface area contributed by atoms with Crippen LogP contribution in [0.5, 0.6) is 0 Å². The predicted octanol–water partition coefficient (Wildman–Crippen LogP) is -4.92. The maximum absolute atomic E-state index is 12.3. The van der Waals surface area contributed by atoms with Crippen molar-refractivity contribution in [2.45, 2.75) is 42.5 Å². The van der Waals surface area contributed by atoms with Crippen molar-refractivity contribution in [3.63, 3.8) is 0 Å².